The summed E-state index contributed by atoms with van der Waals surface area (Å²) in [7, 11) is 5.21. The van der Waals surface area contributed by atoms with E-state index in [0.717, 1.165) is 10.9 Å². The summed E-state index contributed by atoms with van der Waals surface area (Å²) in [6.07, 6.45) is 5.03. The van der Waals surface area contributed by atoms with Crippen molar-refractivity contribution in [1.82, 2.24) is 25.0 Å². The summed E-state index contributed by atoms with van der Waals surface area (Å²) in [5.41, 5.74) is 2.49. The molecular weight excluding hydrogens is 338 g/mol. The monoisotopic (exact) mass is 354 g/mol. The molecule has 8 heteroatoms. The largest absolute Gasteiger partial charge is 0.375 e. The highest BCUT2D eigenvalue weighted by atomic mass is 19.1. The molecule has 6 nitrogen and oxygen atoms in total. The molecule has 0 saturated heterocycles. The van der Waals surface area contributed by atoms with Crippen LogP contribution in [0.25, 0.3) is 33.4 Å². The van der Waals surface area contributed by atoms with Gasteiger partial charge in [0.25, 0.3) is 0 Å². The maximum absolute atomic E-state index is 14.9. The van der Waals surface area contributed by atoms with Gasteiger partial charge in [-0.05, 0) is 18.2 Å². The number of benzene rings is 1. The lowest BCUT2D eigenvalue weighted by atomic mass is 10.1. The minimum Gasteiger partial charge on any atom is -0.375 e. The Morgan fingerprint density at radius 1 is 1.15 bits per heavy atom. The molecule has 1 aromatic carbocycles. The van der Waals surface area contributed by atoms with E-state index in [-0.39, 0.29) is 11.3 Å². The smallest absolute Gasteiger partial charge is 0.158 e. The van der Waals surface area contributed by atoms with Crippen molar-refractivity contribution in [3.8, 4) is 22.5 Å². The summed E-state index contributed by atoms with van der Waals surface area (Å²) in [5.74, 6) is -1.31. The van der Waals surface area contributed by atoms with E-state index >= 15 is 0 Å². The van der Waals surface area contributed by atoms with Crippen molar-refractivity contribution in [1.29, 1.82) is 0 Å². The maximum Gasteiger partial charge on any atom is 0.158 e. The first-order valence-corrected chi connectivity index (χ1v) is 7.94. The highest BCUT2D eigenvalue weighted by Crippen LogP contribution is 2.33. The quantitative estimate of drug-likeness (QED) is 0.613. The number of aromatic amines is 1. The third kappa shape index (κ3) is 2.50. The lowest BCUT2D eigenvalue weighted by Crippen LogP contribution is -2.11. The second-order valence-electron chi connectivity index (χ2n) is 6.24. The molecular formula is C18H16F2N6. The second-order valence-corrected chi connectivity index (χ2v) is 6.24. The zero-order valence-corrected chi connectivity index (χ0v) is 14.5. The number of hydrogen-bond donors (Lipinski definition) is 1. The summed E-state index contributed by atoms with van der Waals surface area (Å²) < 4.78 is 30.9. The van der Waals surface area contributed by atoms with Gasteiger partial charge in [-0.3, -0.25) is 14.8 Å². The van der Waals surface area contributed by atoms with Gasteiger partial charge < -0.3 is 4.90 Å². The van der Waals surface area contributed by atoms with E-state index in [1.165, 1.54) is 18.3 Å². The molecule has 0 amide bonds. The Labute approximate surface area is 148 Å². The van der Waals surface area contributed by atoms with Crippen LogP contribution in [-0.2, 0) is 7.05 Å². The van der Waals surface area contributed by atoms with Gasteiger partial charge in [-0.1, -0.05) is 0 Å². The molecule has 132 valence electrons. The number of anilines is 1. The Kier molecular flexibility index (Phi) is 3.68. The van der Waals surface area contributed by atoms with Gasteiger partial charge in [0.1, 0.15) is 11.5 Å². The van der Waals surface area contributed by atoms with E-state index in [9.17, 15) is 8.78 Å². The van der Waals surface area contributed by atoms with Gasteiger partial charge in [0.05, 0.1) is 34.9 Å². The van der Waals surface area contributed by atoms with Crippen molar-refractivity contribution in [2.24, 2.45) is 7.05 Å². The van der Waals surface area contributed by atoms with E-state index < -0.39 is 11.6 Å². The Balaban J connectivity index is 1.93. The van der Waals surface area contributed by atoms with Crippen LogP contribution < -0.4 is 4.90 Å². The van der Waals surface area contributed by atoms with Gasteiger partial charge in [0.15, 0.2) is 5.82 Å². The van der Waals surface area contributed by atoms with E-state index in [4.69, 9.17) is 0 Å². The molecule has 4 aromatic rings. The van der Waals surface area contributed by atoms with Gasteiger partial charge in [-0.2, -0.15) is 10.2 Å². The summed E-state index contributed by atoms with van der Waals surface area (Å²) in [6.45, 7) is 0. The predicted molar refractivity (Wildman–Crippen MR) is 95.8 cm³/mol. The van der Waals surface area contributed by atoms with Gasteiger partial charge in [-0.15, -0.1) is 0 Å². The van der Waals surface area contributed by atoms with E-state index in [1.807, 2.05) is 13.2 Å². The van der Waals surface area contributed by atoms with Crippen LogP contribution in [-0.4, -0.2) is 39.1 Å². The fraction of sp³-hybridized carbons (Fsp3) is 0.167. The average molecular weight is 354 g/mol. The molecule has 0 fully saturated rings. The summed E-state index contributed by atoms with van der Waals surface area (Å²) in [5, 5.41) is 12.0. The number of halogens is 2. The molecule has 1 N–H and O–H groups in total. The zero-order valence-electron chi connectivity index (χ0n) is 14.5. The average Bonchev–Trinajstić information content (AvgIpc) is 3.20. The summed E-state index contributed by atoms with van der Waals surface area (Å²) in [4.78, 5) is 5.81. The highest BCUT2D eigenvalue weighted by molar-refractivity contribution is 5.94. The lowest BCUT2D eigenvalue weighted by molar-refractivity contribution is 0.588. The second kappa shape index (κ2) is 5.91. The zero-order chi connectivity index (χ0) is 18.4. The molecule has 0 aliphatic heterocycles. The van der Waals surface area contributed by atoms with Crippen LogP contribution in [0.1, 0.15) is 0 Å². The number of aromatic nitrogens is 5. The van der Waals surface area contributed by atoms with Gasteiger partial charge >= 0.3 is 0 Å². The lowest BCUT2D eigenvalue weighted by Gasteiger charge is -2.16. The van der Waals surface area contributed by atoms with E-state index in [2.05, 4.69) is 20.3 Å². The van der Waals surface area contributed by atoms with E-state index in [0.29, 0.717) is 16.9 Å². The topological polar surface area (TPSA) is 62.6 Å². The Hall–Kier alpha value is -3.29. The number of fused-ring (bicyclic) bond motifs is 1. The van der Waals surface area contributed by atoms with Crippen LogP contribution in [0.5, 0.6) is 0 Å². The molecule has 0 spiro atoms. The van der Waals surface area contributed by atoms with Crippen LogP contribution in [0.3, 0.4) is 0 Å². The number of H-pyrrole nitrogens is 1. The van der Waals surface area contributed by atoms with E-state index in [1.54, 1.807) is 35.9 Å². The standard InChI is InChI=1S/C18H16F2N6/c1-25(2)15-5-4-12(19)16(17(15)20)13-6-11-14(8-21-13)23-24-18(11)10-7-22-26(3)9-10/h4-9H,1-3H3,(H,23,24). The summed E-state index contributed by atoms with van der Waals surface area (Å²) in [6, 6.07) is 4.30. The molecule has 0 aliphatic carbocycles. The highest BCUT2D eigenvalue weighted by Gasteiger charge is 2.19. The summed E-state index contributed by atoms with van der Waals surface area (Å²) >= 11 is 0. The van der Waals surface area contributed by atoms with Crippen molar-refractivity contribution >= 4 is 16.6 Å². The van der Waals surface area contributed by atoms with Gasteiger partial charge in [0, 0.05) is 38.3 Å². The first kappa shape index (κ1) is 16.2. The number of rotatable bonds is 3. The third-order valence-electron chi connectivity index (χ3n) is 4.23. The first-order valence-electron chi connectivity index (χ1n) is 7.94. The number of aryl methyl sites for hydroxylation is 1. The molecule has 0 unspecified atom stereocenters. The first-order chi connectivity index (χ1) is 12.5. The fourth-order valence-electron chi connectivity index (χ4n) is 2.94. The SMILES string of the molecule is CN(C)c1ccc(F)c(-c2cc3c(-c4cnn(C)c4)n[nH]c3cn2)c1F. The fourth-order valence-corrected chi connectivity index (χ4v) is 2.94. The molecule has 3 aromatic heterocycles. The number of nitrogens with zero attached hydrogens (tertiary/aromatic N) is 5. The van der Waals surface area contributed by atoms with Crippen LogP contribution in [0.4, 0.5) is 14.5 Å². The molecule has 3 heterocycles. The molecule has 0 radical (unpaired) electrons. The van der Waals surface area contributed by atoms with Crippen molar-refractivity contribution in [2.45, 2.75) is 0 Å². The van der Waals surface area contributed by atoms with Crippen molar-refractivity contribution in [3.63, 3.8) is 0 Å². The molecule has 0 bridgehead atoms. The van der Waals surface area contributed by atoms with Gasteiger partial charge in [-0.25, -0.2) is 8.78 Å². The minimum absolute atomic E-state index is 0.156. The maximum atomic E-state index is 14.9. The van der Waals surface area contributed by atoms with Crippen molar-refractivity contribution in [2.75, 3.05) is 19.0 Å². The van der Waals surface area contributed by atoms with Crippen molar-refractivity contribution in [3.05, 3.63) is 48.4 Å². The Morgan fingerprint density at radius 2 is 1.96 bits per heavy atom. The number of hydrogen-bond acceptors (Lipinski definition) is 4. The number of nitrogens with one attached hydrogen (secondary N) is 1. The Morgan fingerprint density at radius 3 is 2.65 bits per heavy atom. The molecule has 4 rings (SSSR count). The molecule has 26 heavy (non-hydrogen) atoms. The van der Waals surface area contributed by atoms with Crippen LogP contribution in [0.2, 0.25) is 0 Å². The van der Waals surface area contributed by atoms with Crippen LogP contribution in [0.15, 0.2) is 36.8 Å². The molecule has 0 atom stereocenters. The van der Waals surface area contributed by atoms with Crippen LogP contribution >= 0.6 is 0 Å². The third-order valence-corrected chi connectivity index (χ3v) is 4.23. The number of pyridine rings is 1. The molecule has 0 saturated carbocycles. The predicted octanol–water partition coefficient (Wildman–Crippen LogP) is 3.37. The van der Waals surface area contributed by atoms with Crippen LogP contribution in [0, 0.1) is 11.6 Å². The van der Waals surface area contributed by atoms with Gasteiger partial charge in [0.2, 0.25) is 0 Å². The molecule has 0 aliphatic rings. The normalized spacial score (nSPS) is 11.3. The van der Waals surface area contributed by atoms with Crippen molar-refractivity contribution < 1.29 is 8.78 Å². The Bertz CT molecular complexity index is 1110. The minimum atomic E-state index is -0.661.